The van der Waals surface area contributed by atoms with E-state index in [4.69, 9.17) is 16.6 Å². The van der Waals surface area contributed by atoms with Crippen LogP contribution in [0.1, 0.15) is 19.3 Å². The smallest absolute Gasteiger partial charge is 0.235 e. The summed E-state index contributed by atoms with van der Waals surface area (Å²) in [6, 6.07) is -0.476. The highest BCUT2D eigenvalue weighted by Gasteiger charge is 2.24. The van der Waals surface area contributed by atoms with Crippen LogP contribution >= 0.6 is 0 Å². The van der Waals surface area contributed by atoms with Gasteiger partial charge in [-0.05, 0) is 19.4 Å². The third-order valence-corrected chi connectivity index (χ3v) is 2.76. The first-order chi connectivity index (χ1) is 6.65. The zero-order valence-electron chi connectivity index (χ0n) is 8.35. The molecule has 5 heteroatoms. The van der Waals surface area contributed by atoms with Gasteiger partial charge in [-0.1, -0.05) is 6.42 Å². The van der Waals surface area contributed by atoms with Crippen LogP contribution in [0.15, 0.2) is 0 Å². The SMILES string of the molecule is NC(=O)C(N)CN1CCCCC1CO. The van der Waals surface area contributed by atoms with Gasteiger partial charge < -0.3 is 16.6 Å². The molecule has 0 aliphatic carbocycles. The molecule has 1 heterocycles. The van der Waals surface area contributed by atoms with E-state index in [1.165, 1.54) is 0 Å². The molecule has 0 saturated carbocycles. The molecular weight excluding hydrogens is 182 g/mol. The fraction of sp³-hybridized carbons (Fsp3) is 0.889. The molecule has 5 N–H and O–H groups in total. The molecule has 0 aromatic carbocycles. The van der Waals surface area contributed by atoms with Gasteiger partial charge in [0.25, 0.3) is 0 Å². The summed E-state index contributed by atoms with van der Waals surface area (Å²) in [5.74, 6) is -0.479. The molecule has 14 heavy (non-hydrogen) atoms. The van der Waals surface area contributed by atoms with E-state index in [0.717, 1.165) is 25.8 Å². The van der Waals surface area contributed by atoms with Gasteiger partial charge in [0.2, 0.25) is 5.91 Å². The lowest BCUT2D eigenvalue weighted by Gasteiger charge is -2.35. The van der Waals surface area contributed by atoms with Gasteiger partial charge in [0.05, 0.1) is 12.6 Å². The predicted molar refractivity (Wildman–Crippen MR) is 53.5 cm³/mol. The second kappa shape index (κ2) is 5.29. The van der Waals surface area contributed by atoms with Gasteiger partial charge in [0, 0.05) is 12.6 Å². The molecular formula is C9H19N3O2. The Morgan fingerprint density at radius 3 is 2.86 bits per heavy atom. The van der Waals surface area contributed by atoms with Gasteiger partial charge in [-0.3, -0.25) is 9.69 Å². The molecule has 1 amide bonds. The molecule has 2 unspecified atom stereocenters. The van der Waals surface area contributed by atoms with Crippen molar-refractivity contribution in [1.29, 1.82) is 0 Å². The average Bonchev–Trinajstić information content (AvgIpc) is 2.18. The van der Waals surface area contributed by atoms with E-state index >= 15 is 0 Å². The molecule has 82 valence electrons. The number of piperidine rings is 1. The first kappa shape index (κ1) is 11.4. The summed E-state index contributed by atoms with van der Waals surface area (Å²) in [5.41, 5.74) is 10.7. The summed E-state index contributed by atoms with van der Waals surface area (Å²) >= 11 is 0. The predicted octanol–water partition coefficient (Wildman–Crippen LogP) is -1.35. The normalized spacial score (nSPS) is 26.0. The molecule has 1 aliphatic rings. The quantitative estimate of drug-likeness (QED) is 0.524. The van der Waals surface area contributed by atoms with Crippen molar-refractivity contribution in [3.05, 3.63) is 0 Å². The van der Waals surface area contributed by atoms with Crippen molar-refractivity contribution in [1.82, 2.24) is 4.90 Å². The van der Waals surface area contributed by atoms with Crippen LogP contribution in [-0.4, -0.2) is 47.7 Å². The van der Waals surface area contributed by atoms with E-state index in [9.17, 15) is 4.79 Å². The van der Waals surface area contributed by atoms with Gasteiger partial charge >= 0.3 is 0 Å². The third-order valence-electron chi connectivity index (χ3n) is 2.76. The number of hydrogen-bond donors (Lipinski definition) is 3. The lowest BCUT2D eigenvalue weighted by atomic mass is 10.0. The van der Waals surface area contributed by atoms with Crippen LogP contribution < -0.4 is 11.5 Å². The number of rotatable bonds is 4. The zero-order chi connectivity index (χ0) is 10.6. The maximum atomic E-state index is 10.8. The zero-order valence-corrected chi connectivity index (χ0v) is 8.35. The second-order valence-electron chi connectivity index (χ2n) is 3.84. The summed E-state index contributed by atoms with van der Waals surface area (Å²) in [6.07, 6.45) is 3.21. The minimum absolute atomic E-state index is 0.130. The van der Waals surface area contributed by atoms with Crippen LogP contribution in [0.3, 0.4) is 0 Å². The van der Waals surface area contributed by atoms with Crippen molar-refractivity contribution >= 4 is 5.91 Å². The number of aliphatic hydroxyl groups excluding tert-OH is 1. The average molecular weight is 201 g/mol. The molecule has 1 fully saturated rings. The number of amides is 1. The molecule has 1 saturated heterocycles. The van der Waals surface area contributed by atoms with E-state index in [1.54, 1.807) is 0 Å². The Hall–Kier alpha value is -0.650. The highest BCUT2D eigenvalue weighted by Crippen LogP contribution is 2.16. The third kappa shape index (κ3) is 2.94. The molecule has 0 bridgehead atoms. The van der Waals surface area contributed by atoms with E-state index in [2.05, 4.69) is 4.90 Å². The fourth-order valence-corrected chi connectivity index (χ4v) is 1.85. The fourth-order valence-electron chi connectivity index (χ4n) is 1.85. The first-order valence-electron chi connectivity index (χ1n) is 5.05. The Morgan fingerprint density at radius 2 is 2.29 bits per heavy atom. The molecule has 0 radical (unpaired) electrons. The number of aliphatic hydroxyl groups is 1. The minimum atomic E-state index is -0.623. The number of carbonyl (C=O) groups is 1. The van der Waals surface area contributed by atoms with Gasteiger partial charge in [-0.25, -0.2) is 0 Å². The highest BCUT2D eigenvalue weighted by molar-refractivity contribution is 5.79. The molecule has 0 aromatic heterocycles. The van der Waals surface area contributed by atoms with Crippen molar-refractivity contribution < 1.29 is 9.90 Å². The van der Waals surface area contributed by atoms with Crippen molar-refractivity contribution in [2.75, 3.05) is 19.7 Å². The van der Waals surface area contributed by atoms with Crippen LogP contribution in [0.5, 0.6) is 0 Å². The largest absolute Gasteiger partial charge is 0.395 e. The Bertz CT molecular complexity index is 198. The van der Waals surface area contributed by atoms with Crippen LogP contribution in [0.2, 0.25) is 0 Å². The number of hydrogen-bond acceptors (Lipinski definition) is 4. The van der Waals surface area contributed by atoms with Gasteiger partial charge in [0.1, 0.15) is 0 Å². The van der Waals surface area contributed by atoms with Gasteiger partial charge in [0.15, 0.2) is 0 Å². The van der Waals surface area contributed by atoms with Crippen LogP contribution in [0, 0.1) is 0 Å². The minimum Gasteiger partial charge on any atom is -0.395 e. The summed E-state index contributed by atoms with van der Waals surface area (Å²) in [7, 11) is 0. The molecule has 2 atom stereocenters. The molecule has 5 nitrogen and oxygen atoms in total. The van der Waals surface area contributed by atoms with Crippen LogP contribution in [-0.2, 0) is 4.79 Å². The van der Waals surface area contributed by atoms with E-state index in [0.29, 0.717) is 6.54 Å². The maximum Gasteiger partial charge on any atom is 0.235 e. The van der Waals surface area contributed by atoms with Crippen LogP contribution in [0.25, 0.3) is 0 Å². The number of likely N-dealkylation sites (tertiary alicyclic amines) is 1. The van der Waals surface area contributed by atoms with E-state index in [1.807, 2.05) is 0 Å². The maximum absolute atomic E-state index is 10.8. The van der Waals surface area contributed by atoms with Crippen molar-refractivity contribution in [2.45, 2.75) is 31.3 Å². The molecule has 0 aromatic rings. The summed E-state index contributed by atoms with van der Waals surface area (Å²) in [4.78, 5) is 12.8. The monoisotopic (exact) mass is 201 g/mol. The topological polar surface area (TPSA) is 92.6 Å². The molecule has 1 aliphatic heterocycles. The van der Waals surface area contributed by atoms with Crippen molar-refractivity contribution in [3.8, 4) is 0 Å². The van der Waals surface area contributed by atoms with E-state index < -0.39 is 11.9 Å². The lowest BCUT2D eigenvalue weighted by molar-refractivity contribution is -0.120. The molecule has 1 rings (SSSR count). The van der Waals surface area contributed by atoms with Crippen molar-refractivity contribution in [2.24, 2.45) is 11.5 Å². The Balaban J connectivity index is 2.44. The lowest BCUT2D eigenvalue weighted by Crippen LogP contribution is -2.51. The molecule has 0 spiro atoms. The first-order valence-corrected chi connectivity index (χ1v) is 5.05. The Labute approximate surface area is 84.0 Å². The van der Waals surface area contributed by atoms with Crippen LogP contribution in [0.4, 0.5) is 0 Å². The Morgan fingerprint density at radius 1 is 1.57 bits per heavy atom. The number of nitrogens with two attached hydrogens (primary N) is 2. The Kier molecular flexibility index (Phi) is 4.31. The van der Waals surface area contributed by atoms with E-state index in [-0.39, 0.29) is 12.6 Å². The summed E-state index contributed by atoms with van der Waals surface area (Å²) in [5, 5.41) is 9.11. The number of carbonyl (C=O) groups excluding carboxylic acids is 1. The standard InChI is InChI=1S/C9H19N3O2/c10-8(9(11)14)5-12-4-2-1-3-7(12)6-13/h7-8,13H,1-6,10H2,(H2,11,14). The highest BCUT2D eigenvalue weighted by atomic mass is 16.3. The van der Waals surface area contributed by atoms with Crippen molar-refractivity contribution in [3.63, 3.8) is 0 Å². The number of primary amides is 1. The second-order valence-corrected chi connectivity index (χ2v) is 3.84. The van der Waals surface area contributed by atoms with Gasteiger partial charge in [-0.15, -0.1) is 0 Å². The number of nitrogens with zero attached hydrogens (tertiary/aromatic N) is 1. The van der Waals surface area contributed by atoms with Gasteiger partial charge in [-0.2, -0.15) is 0 Å². The summed E-state index contributed by atoms with van der Waals surface area (Å²) < 4.78 is 0. The summed E-state index contributed by atoms with van der Waals surface area (Å²) in [6.45, 7) is 1.48.